The third kappa shape index (κ3) is 3.07. The van der Waals surface area contributed by atoms with Gasteiger partial charge >= 0.3 is 6.01 Å². The molecule has 1 heterocycles. The molecule has 0 aliphatic carbocycles. The van der Waals surface area contributed by atoms with E-state index in [0.29, 0.717) is 11.6 Å². The summed E-state index contributed by atoms with van der Waals surface area (Å²) in [5.74, 6) is 0.954. The zero-order valence-corrected chi connectivity index (χ0v) is 10.9. The summed E-state index contributed by atoms with van der Waals surface area (Å²) in [7, 11) is 0. The van der Waals surface area contributed by atoms with Gasteiger partial charge in [0.25, 0.3) is 0 Å². The molecule has 0 saturated heterocycles. The molecule has 1 aromatic heterocycles. The van der Waals surface area contributed by atoms with E-state index in [0.717, 1.165) is 11.3 Å². The molecule has 1 aromatic carbocycles. The molecule has 2 rings (SSSR count). The lowest BCUT2D eigenvalue weighted by atomic mass is 10.0. The van der Waals surface area contributed by atoms with Crippen LogP contribution in [-0.4, -0.2) is 15.8 Å². The topological polar surface area (TPSA) is 84.9 Å². The van der Waals surface area contributed by atoms with Crippen molar-refractivity contribution in [2.24, 2.45) is 5.73 Å². The van der Waals surface area contributed by atoms with Crippen LogP contribution in [0, 0.1) is 5.41 Å². The number of rotatable bonds is 4. The van der Waals surface area contributed by atoms with Crippen molar-refractivity contribution in [3.8, 4) is 11.8 Å². The van der Waals surface area contributed by atoms with Crippen LogP contribution in [-0.2, 0) is 0 Å². The molecule has 0 aliphatic rings. The first kappa shape index (κ1) is 13.0. The molecule has 3 N–H and O–H groups in total. The first-order chi connectivity index (χ1) is 9.08. The van der Waals surface area contributed by atoms with Gasteiger partial charge in [0.1, 0.15) is 17.3 Å². The Balaban J connectivity index is 2.31. The van der Waals surface area contributed by atoms with Crippen molar-refractivity contribution < 1.29 is 4.74 Å². The van der Waals surface area contributed by atoms with E-state index < -0.39 is 0 Å². The van der Waals surface area contributed by atoms with Gasteiger partial charge in [-0.25, -0.2) is 4.98 Å². The zero-order valence-electron chi connectivity index (χ0n) is 10.9. The number of ether oxygens (including phenoxy) is 1. The predicted octanol–water partition coefficient (Wildman–Crippen LogP) is 2.68. The second-order valence-electron chi connectivity index (χ2n) is 4.43. The zero-order chi connectivity index (χ0) is 13.8. The van der Waals surface area contributed by atoms with E-state index in [-0.39, 0.29) is 11.8 Å². The van der Waals surface area contributed by atoms with Crippen LogP contribution in [0.1, 0.15) is 31.0 Å². The van der Waals surface area contributed by atoms with Gasteiger partial charge in [0, 0.05) is 6.20 Å². The maximum atomic E-state index is 7.35. The lowest BCUT2D eigenvalue weighted by Crippen LogP contribution is -2.13. The largest absolute Gasteiger partial charge is 0.424 e. The van der Waals surface area contributed by atoms with Gasteiger partial charge in [0.15, 0.2) is 0 Å². The van der Waals surface area contributed by atoms with Gasteiger partial charge < -0.3 is 10.5 Å². The molecule has 0 bridgehead atoms. The number of para-hydroxylation sites is 1. The number of nitrogens with one attached hydrogen (secondary N) is 1. The molecule has 2 aromatic rings. The quantitative estimate of drug-likeness (QED) is 0.650. The molecule has 0 aliphatic heterocycles. The van der Waals surface area contributed by atoms with Gasteiger partial charge in [0.2, 0.25) is 0 Å². The van der Waals surface area contributed by atoms with Gasteiger partial charge in [-0.1, -0.05) is 32.0 Å². The van der Waals surface area contributed by atoms with E-state index in [2.05, 4.69) is 23.8 Å². The summed E-state index contributed by atoms with van der Waals surface area (Å²) in [6, 6.07) is 9.52. The number of benzene rings is 1. The van der Waals surface area contributed by atoms with Crippen LogP contribution in [0.5, 0.6) is 11.8 Å². The minimum Gasteiger partial charge on any atom is -0.424 e. The molecule has 0 atom stereocenters. The molecular weight excluding hydrogens is 240 g/mol. The summed E-state index contributed by atoms with van der Waals surface area (Å²) in [4.78, 5) is 8.12. The molecule has 5 heteroatoms. The lowest BCUT2D eigenvalue weighted by molar-refractivity contribution is 0.434. The van der Waals surface area contributed by atoms with Crippen LogP contribution < -0.4 is 10.5 Å². The van der Waals surface area contributed by atoms with Crippen LogP contribution >= 0.6 is 0 Å². The molecular formula is C14H16N4O. The average molecular weight is 256 g/mol. The minimum absolute atomic E-state index is 0.107. The van der Waals surface area contributed by atoms with Crippen LogP contribution in [0.15, 0.2) is 36.5 Å². The van der Waals surface area contributed by atoms with Crippen molar-refractivity contribution in [1.29, 1.82) is 5.41 Å². The molecule has 0 radical (unpaired) electrons. The lowest BCUT2D eigenvalue weighted by Gasteiger charge is -2.12. The highest BCUT2D eigenvalue weighted by atomic mass is 16.5. The van der Waals surface area contributed by atoms with Crippen LogP contribution in [0.4, 0.5) is 0 Å². The van der Waals surface area contributed by atoms with Crippen molar-refractivity contribution in [2.75, 3.05) is 0 Å². The number of nitrogens with two attached hydrogens (primary N) is 1. The Morgan fingerprint density at radius 3 is 2.68 bits per heavy atom. The third-order valence-electron chi connectivity index (χ3n) is 2.65. The predicted molar refractivity (Wildman–Crippen MR) is 73.7 cm³/mol. The highest BCUT2D eigenvalue weighted by molar-refractivity contribution is 5.92. The molecule has 19 heavy (non-hydrogen) atoms. The summed E-state index contributed by atoms with van der Waals surface area (Å²) in [6.07, 6.45) is 1.52. The summed E-state index contributed by atoms with van der Waals surface area (Å²) in [5, 5.41) is 7.35. The fraction of sp³-hybridized carbons (Fsp3) is 0.214. The van der Waals surface area contributed by atoms with Crippen molar-refractivity contribution in [2.45, 2.75) is 19.8 Å². The molecule has 0 unspecified atom stereocenters. The number of hydrogen-bond donors (Lipinski definition) is 2. The Labute approximate surface area is 112 Å². The van der Waals surface area contributed by atoms with Crippen molar-refractivity contribution in [3.05, 3.63) is 47.8 Å². The fourth-order valence-corrected chi connectivity index (χ4v) is 1.69. The van der Waals surface area contributed by atoms with Gasteiger partial charge in [0.05, 0.1) is 0 Å². The van der Waals surface area contributed by atoms with Crippen LogP contribution in [0.2, 0.25) is 0 Å². The first-order valence-corrected chi connectivity index (χ1v) is 6.02. The molecule has 5 nitrogen and oxygen atoms in total. The van der Waals surface area contributed by atoms with E-state index in [1.165, 1.54) is 6.20 Å². The van der Waals surface area contributed by atoms with Gasteiger partial charge in [-0.05, 0) is 23.6 Å². The van der Waals surface area contributed by atoms with Crippen LogP contribution in [0.25, 0.3) is 0 Å². The average Bonchev–Trinajstić information content (AvgIpc) is 2.39. The maximum Gasteiger partial charge on any atom is 0.322 e. The molecule has 0 amide bonds. The summed E-state index contributed by atoms with van der Waals surface area (Å²) >= 11 is 0. The Bertz CT molecular complexity index is 596. The number of hydrogen-bond acceptors (Lipinski definition) is 4. The van der Waals surface area contributed by atoms with Crippen molar-refractivity contribution in [1.82, 2.24) is 9.97 Å². The number of nitrogen functional groups attached to an aromatic ring is 1. The molecule has 0 saturated carbocycles. The van der Waals surface area contributed by atoms with E-state index in [9.17, 15) is 0 Å². The molecule has 0 spiro atoms. The SMILES string of the molecule is CC(C)c1ccccc1Oc1nccc(C(=N)N)n1. The van der Waals surface area contributed by atoms with Crippen molar-refractivity contribution >= 4 is 5.84 Å². The van der Waals surface area contributed by atoms with E-state index in [4.69, 9.17) is 15.9 Å². The normalized spacial score (nSPS) is 10.5. The Morgan fingerprint density at radius 1 is 1.26 bits per heavy atom. The van der Waals surface area contributed by atoms with Gasteiger partial charge in [-0.15, -0.1) is 0 Å². The summed E-state index contributed by atoms with van der Waals surface area (Å²) in [5.41, 5.74) is 6.83. The summed E-state index contributed by atoms with van der Waals surface area (Å²) < 4.78 is 5.69. The highest BCUT2D eigenvalue weighted by Crippen LogP contribution is 2.28. The van der Waals surface area contributed by atoms with Gasteiger partial charge in [-0.3, -0.25) is 5.41 Å². The Morgan fingerprint density at radius 2 is 2.00 bits per heavy atom. The molecule has 98 valence electrons. The second-order valence-corrected chi connectivity index (χ2v) is 4.43. The maximum absolute atomic E-state index is 7.35. The highest BCUT2D eigenvalue weighted by Gasteiger charge is 2.10. The molecule has 0 fully saturated rings. The van der Waals surface area contributed by atoms with E-state index in [1.807, 2.05) is 24.3 Å². The number of aromatic nitrogens is 2. The number of nitrogens with zero attached hydrogens (tertiary/aromatic N) is 2. The monoisotopic (exact) mass is 256 g/mol. The fourth-order valence-electron chi connectivity index (χ4n) is 1.69. The smallest absolute Gasteiger partial charge is 0.322 e. The summed E-state index contributed by atoms with van der Waals surface area (Å²) in [6.45, 7) is 4.18. The number of amidine groups is 1. The van der Waals surface area contributed by atoms with Crippen LogP contribution in [0.3, 0.4) is 0 Å². The van der Waals surface area contributed by atoms with Gasteiger partial charge in [-0.2, -0.15) is 4.98 Å². The third-order valence-corrected chi connectivity index (χ3v) is 2.65. The first-order valence-electron chi connectivity index (χ1n) is 6.02. The Hall–Kier alpha value is -2.43. The van der Waals surface area contributed by atoms with E-state index in [1.54, 1.807) is 6.07 Å². The Kier molecular flexibility index (Phi) is 3.75. The standard InChI is InChI=1S/C14H16N4O/c1-9(2)10-5-3-4-6-12(10)19-14-17-8-7-11(18-14)13(15)16/h3-9H,1-2H3,(H3,15,16). The van der Waals surface area contributed by atoms with E-state index >= 15 is 0 Å². The van der Waals surface area contributed by atoms with Crippen molar-refractivity contribution in [3.63, 3.8) is 0 Å². The second kappa shape index (κ2) is 5.48. The minimum atomic E-state index is -0.107.